The summed E-state index contributed by atoms with van der Waals surface area (Å²) >= 11 is 1.15. The number of phenolic OH excluding ortho intramolecular Hbond substituents is 1. The zero-order valence-electron chi connectivity index (χ0n) is 11.6. The summed E-state index contributed by atoms with van der Waals surface area (Å²) in [6.07, 6.45) is 0.223. The molecule has 0 saturated carbocycles. The van der Waals surface area contributed by atoms with E-state index in [0.717, 1.165) is 21.8 Å². The van der Waals surface area contributed by atoms with Crippen LogP contribution in [0.1, 0.15) is 32.5 Å². The van der Waals surface area contributed by atoms with Gasteiger partial charge in [0.05, 0.1) is 7.11 Å². The van der Waals surface area contributed by atoms with Gasteiger partial charge in [0.25, 0.3) is 0 Å². The molecule has 0 radical (unpaired) electrons. The lowest BCUT2D eigenvalue weighted by molar-refractivity contribution is -0.116. The van der Waals surface area contributed by atoms with E-state index < -0.39 is 5.97 Å². The number of thiophene rings is 1. The molecular weight excluding hydrogens is 306 g/mol. The number of aromatic hydroxyl groups is 1. The van der Waals surface area contributed by atoms with Crippen molar-refractivity contribution >= 4 is 28.9 Å². The van der Waals surface area contributed by atoms with Crippen LogP contribution < -0.4 is 10.1 Å². The molecule has 2 aromatic rings. The van der Waals surface area contributed by atoms with E-state index in [0.29, 0.717) is 11.4 Å². The first-order valence-corrected chi connectivity index (χ1v) is 7.35. The number of rotatable bonds is 3. The summed E-state index contributed by atoms with van der Waals surface area (Å²) < 4.78 is 5.11. The van der Waals surface area contributed by atoms with Crippen LogP contribution in [0.3, 0.4) is 0 Å². The number of fused-ring (bicyclic) bond motifs is 1. The fraction of sp³-hybridized carbons (Fsp3) is 0.200. The van der Waals surface area contributed by atoms with E-state index in [2.05, 4.69) is 5.32 Å². The number of anilines is 1. The Morgan fingerprint density at radius 3 is 2.82 bits per heavy atom. The Labute approximate surface area is 130 Å². The number of carboxylic acid groups (broad SMARTS) is 1. The van der Waals surface area contributed by atoms with Crippen molar-refractivity contribution in [3.05, 3.63) is 39.6 Å². The molecule has 7 heteroatoms. The smallest absolute Gasteiger partial charge is 0.345 e. The first-order valence-electron chi connectivity index (χ1n) is 6.53. The summed E-state index contributed by atoms with van der Waals surface area (Å²) in [6.45, 7) is 0. The first kappa shape index (κ1) is 14.4. The lowest BCUT2D eigenvalue weighted by Crippen LogP contribution is -2.23. The Kier molecular flexibility index (Phi) is 3.50. The SMILES string of the molecule is COc1cc2c(cc1O)NC(=O)CC2c1ccc(C(=O)O)s1. The van der Waals surface area contributed by atoms with Crippen LogP contribution >= 0.6 is 11.3 Å². The van der Waals surface area contributed by atoms with Gasteiger partial charge >= 0.3 is 5.97 Å². The van der Waals surface area contributed by atoms with E-state index in [1.807, 2.05) is 0 Å². The van der Waals surface area contributed by atoms with E-state index in [1.165, 1.54) is 19.2 Å². The quantitative estimate of drug-likeness (QED) is 0.808. The van der Waals surface area contributed by atoms with E-state index >= 15 is 0 Å². The number of carboxylic acids is 1. The summed E-state index contributed by atoms with van der Waals surface area (Å²) in [6, 6.07) is 6.38. The second-order valence-electron chi connectivity index (χ2n) is 4.92. The zero-order valence-corrected chi connectivity index (χ0v) is 12.4. The van der Waals surface area contributed by atoms with Gasteiger partial charge in [0, 0.05) is 29.0 Å². The summed E-state index contributed by atoms with van der Waals surface area (Å²) in [7, 11) is 1.45. The molecule has 1 aromatic carbocycles. The molecule has 1 aliphatic rings. The van der Waals surface area contributed by atoms with Crippen LogP contribution in [-0.4, -0.2) is 29.2 Å². The number of carbonyl (C=O) groups excluding carboxylic acids is 1. The van der Waals surface area contributed by atoms with Crippen LogP contribution in [0.25, 0.3) is 0 Å². The van der Waals surface area contributed by atoms with Gasteiger partial charge in [-0.05, 0) is 23.8 Å². The second-order valence-corrected chi connectivity index (χ2v) is 6.04. The maximum atomic E-state index is 11.9. The van der Waals surface area contributed by atoms with Gasteiger partial charge in [0.15, 0.2) is 11.5 Å². The molecule has 1 amide bonds. The number of amides is 1. The maximum Gasteiger partial charge on any atom is 0.345 e. The largest absolute Gasteiger partial charge is 0.504 e. The predicted octanol–water partition coefficient (Wildman–Crippen LogP) is 2.63. The van der Waals surface area contributed by atoms with E-state index in [1.54, 1.807) is 12.1 Å². The minimum absolute atomic E-state index is 0.0559. The highest BCUT2D eigenvalue weighted by molar-refractivity contribution is 7.14. The van der Waals surface area contributed by atoms with Crippen molar-refractivity contribution in [3.63, 3.8) is 0 Å². The Hall–Kier alpha value is -2.54. The number of aromatic carboxylic acids is 1. The van der Waals surface area contributed by atoms with Gasteiger partial charge in [-0.25, -0.2) is 4.79 Å². The minimum atomic E-state index is -0.986. The predicted molar refractivity (Wildman–Crippen MR) is 81.0 cm³/mol. The number of methoxy groups -OCH3 is 1. The Bertz CT molecular complexity index is 767. The van der Waals surface area contributed by atoms with Crippen LogP contribution in [0.5, 0.6) is 11.5 Å². The van der Waals surface area contributed by atoms with Gasteiger partial charge in [0.2, 0.25) is 5.91 Å². The van der Waals surface area contributed by atoms with Gasteiger partial charge in [-0.15, -0.1) is 11.3 Å². The third-order valence-corrected chi connectivity index (χ3v) is 4.76. The van der Waals surface area contributed by atoms with Crippen molar-refractivity contribution in [3.8, 4) is 11.5 Å². The van der Waals surface area contributed by atoms with Crippen molar-refractivity contribution in [1.82, 2.24) is 0 Å². The number of hydrogen-bond acceptors (Lipinski definition) is 5. The molecule has 6 nitrogen and oxygen atoms in total. The summed E-state index contributed by atoms with van der Waals surface area (Å²) in [5.41, 5.74) is 1.32. The van der Waals surface area contributed by atoms with Gasteiger partial charge in [-0.1, -0.05) is 0 Å². The molecule has 0 bridgehead atoms. The zero-order chi connectivity index (χ0) is 15.9. The third kappa shape index (κ3) is 2.39. The average molecular weight is 319 g/mol. The number of phenols is 1. The fourth-order valence-corrected chi connectivity index (χ4v) is 3.52. The number of hydrogen-bond donors (Lipinski definition) is 3. The molecule has 22 heavy (non-hydrogen) atoms. The second kappa shape index (κ2) is 5.34. The molecule has 1 aliphatic heterocycles. The van der Waals surface area contributed by atoms with E-state index in [9.17, 15) is 14.7 Å². The Balaban J connectivity index is 2.09. The lowest BCUT2D eigenvalue weighted by Gasteiger charge is -2.25. The molecule has 0 saturated heterocycles. The normalized spacial score (nSPS) is 16.8. The summed E-state index contributed by atoms with van der Waals surface area (Å²) in [4.78, 5) is 23.9. The molecule has 3 rings (SSSR count). The number of ether oxygens (including phenoxy) is 1. The third-order valence-electron chi connectivity index (χ3n) is 3.57. The first-order chi connectivity index (χ1) is 10.5. The topological polar surface area (TPSA) is 95.9 Å². The van der Waals surface area contributed by atoms with Gasteiger partial charge in [-0.3, -0.25) is 4.79 Å². The highest BCUT2D eigenvalue weighted by Gasteiger charge is 2.29. The highest BCUT2D eigenvalue weighted by atomic mass is 32.1. The molecule has 1 aromatic heterocycles. The highest BCUT2D eigenvalue weighted by Crippen LogP contribution is 2.44. The molecule has 2 heterocycles. The monoisotopic (exact) mass is 319 g/mol. The molecular formula is C15H13NO5S. The van der Waals surface area contributed by atoms with Gasteiger partial charge < -0.3 is 20.3 Å². The summed E-state index contributed by atoms with van der Waals surface area (Å²) in [5.74, 6) is -1.15. The van der Waals surface area contributed by atoms with E-state index in [4.69, 9.17) is 9.84 Å². The fourth-order valence-electron chi connectivity index (χ4n) is 2.55. The maximum absolute atomic E-state index is 11.9. The number of nitrogens with one attached hydrogen (secondary N) is 1. The molecule has 3 N–H and O–H groups in total. The average Bonchev–Trinajstić information content (AvgIpc) is 2.95. The number of carbonyl (C=O) groups is 2. The molecule has 0 fully saturated rings. The molecule has 0 aliphatic carbocycles. The standard InChI is InChI=1S/C15H13NO5S/c1-21-11-4-7-8(12-2-3-13(22-12)15(19)20)5-14(18)16-9(7)6-10(11)17/h2-4,6,8,17H,5H2,1H3,(H,16,18)(H,19,20). The van der Waals surface area contributed by atoms with Crippen LogP contribution in [0, 0.1) is 0 Å². The van der Waals surface area contributed by atoms with Crippen LogP contribution in [0.15, 0.2) is 24.3 Å². The van der Waals surface area contributed by atoms with Crippen molar-refractivity contribution in [1.29, 1.82) is 0 Å². The van der Waals surface area contributed by atoms with Gasteiger partial charge in [-0.2, -0.15) is 0 Å². The van der Waals surface area contributed by atoms with Crippen molar-refractivity contribution in [2.75, 3.05) is 12.4 Å². The van der Waals surface area contributed by atoms with Crippen molar-refractivity contribution in [2.24, 2.45) is 0 Å². The van der Waals surface area contributed by atoms with Crippen LogP contribution in [0.4, 0.5) is 5.69 Å². The van der Waals surface area contributed by atoms with E-state index in [-0.39, 0.29) is 28.9 Å². The van der Waals surface area contributed by atoms with Crippen molar-refractivity contribution in [2.45, 2.75) is 12.3 Å². The molecule has 1 unspecified atom stereocenters. The van der Waals surface area contributed by atoms with Crippen LogP contribution in [-0.2, 0) is 4.79 Å². The Morgan fingerprint density at radius 2 is 2.18 bits per heavy atom. The molecule has 114 valence electrons. The van der Waals surface area contributed by atoms with Gasteiger partial charge in [0.1, 0.15) is 4.88 Å². The van der Waals surface area contributed by atoms with Crippen LogP contribution in [0.2, 0.25) is 0 Å². The Morgan fingerprint density at radius 1 is 1.41 bits per heavy atom. The molecule has 0 spiro atoms. The minimum Gasteiger partial charge on any atom is -0.504 e. The summed E-state index contributed by atoms with van der Waals surface area (Å²) in [5, 5.41) is 21.6. The van der Waals surface area contributed by atoms with Crippen molar-refractivity contribution < 1.29 is 24.5 Å². The number of benzene rings is 1. The lowest BCUT2D eigenvalue weighted by atomic mass is 9.89. The molecule has 1 atom stereocenters.